The van der Waals surface area contributed by atoms with Crippen LogP contribution < -0.4 is 21.0 Å². The number of hydrazine groups is 1. The van der Waals surface area contributed by atoms with Gasteiger partial charge in [0.1, 0.15) is 12.1 Å². The molecule has 3 aliphatic rings. The van der Waals surface area contributed by atoms with E-state index in [1.807, 2.05) is 36.4 Å². The Hall–Kier alpha value is -3.92. The second-order valence-electron chi connectivity index (χ2n) is 12.5. The number of benzene rings is 2. The Morgan fingerprint density at radius 3 is 2.27 bits per heavy atom. The third kappa shape index (κ3) is 8.84. The highest BCUT2D eigenvalue weighted by atomic mass is 16.2. The average Bonchev–Trinajstić information content (AvgIpc) is 3.72. The summed E-state index contributed by atoms with van der Waals surface area (Å²) in [6, 6.07) is 14.0. The van der Waals surface area contributed by atoms with Gasteiger partial charge in [0.15, 0.2) is 0 Å². The summed E-state index contributed by atoms with van der Waals surface area (Å²) in [6.45, 7) is 6.19. The fraction of sp³-hybridized carbons (Fsp3) is 0.543. The summed E-state index contributed by atoms with van der Waals surface area (Å²) < 4.78 is 0. The van der Waals surface area contributed by atoms with E-state index in [1.165, 1.54) is 36.9 Å². The van der Waals surface area contributed by atoms with Crippen LogP contribution >= 0.6 is 0 Å². The number of carbonyl (C=O) groups is 4. The molecule has 0 aromatic heterocycles. The molecule has 4 amide bonds. The molecule has 0 saturated carbocycles. The summed E-state index contributed by atoms with van der Waals surface area (Å²) in [5, 5.41) is 13.4. The summed E-state index contributed by atoms with van der Waals surface area (Å²) in [5.74, 6) is -1.33. The van der Waals surface area contributed by atoms with Crippen LogP contribution in [0.25, 0.3) is 0 Å². The first-order valence-electron chi connectivity index (χ1n) is 16.7. The summed E-state index contributed by atoms with van der Waals surface area (Å²) in [7, 11) is 0. The predicted octanol–water partition coefficient (Wildman–Crippen LogP) is 3.44. The number of amides is 4. The second-order valence-corrected chi connectivity index (χ2v) is 12.5. The van der Waals surface area contributed by atoms with Gasteiger partial charge in [0.2, 0.25) is 23.6 Å². The van der Waals surface area contributed by atoms with Crippen molar-refractivity contribution in [2.24, 2.45) is 0 Å². The Morgan fingerprint density at radius 2 is 1.49 bits per heavy atom. The molecule has 10 heteroatoms. The number of nitrogens with one attached hydrogen (secondary N) is 3. The van der Waals surface area contributed by atoms with Crippen LogP contribution in [0.1, 0.15) is 81.4 Å². The zero-order valence-electron chi connectivity index (χ0n) is 26.6. The molecule has 2 saturated heterocycles. The Bertz CT molecular complexity index is 1330. The lowest BCUT2D eigenvalue weighted by Gasteiger charge is -2.31. The van der Waals surface area contributed by atoms with E-state index in [1.54, 1.807) is 11.8 Å². The van der Waals surface area contributed by atoms with Crippen molar-refractivity contribution in [1.29, 1.82) is 0 Å². The number of likely N-dealkylation sites (tertiary alicyclic amines) is 1. The normalized spacial score (nSPS) is 18.1. The predicted molar refractivity (Wildman–Crippen MR) is 174 cm³/mol. The molecule has 0 aliphatic carbocycles. The molecular formula is C35H48N6O4. The fourth-order valence-electron chi connectivity index (χ4n) is 6.57. The molecule has 3 N–H and O–H groups in total. The van der Waals surface area contributed by atoms with Crippen LogP contribution in [0.3, 0.4) is 0 Å². The molecule has 0 unspecified atom stereocenters. The van der Waals surface area contributed by atoms with Gasteiger partial charge in [0, 0.05) is 45.7 Å². The molecule has 5 rings (SSSR count). The number of carbonyl (C=O) groups excluding carboxylic acids is 4. The Kier molecular flexibility index (Phi) is 11.5. The van der Waals surface area contributed by atoms with E-state index >= 15 is 0 Å². The lowest BCUT2D eigenvalue weighted by molar-refractivity contribution is -0.136. The molecule has 2 atom stereocenters. The van der Waals surface area contributed by atoms with Crippen LogP contribution in [0.15, 0.2) is 48.5 Å². The number of hydrogen-bond acceptors (Lipinski definition) is 6. The Morgan fingerprint density at radius 1 is 0.778 bits per heavy atom. The van der Waals surface area contributed by atoms with E-state index in [2.05, 4.69) is 38.1 Å². The lowest BCUT2D eigenvalue weighted by atomic mass is 10.1. The molecule has 0 bridgehead atoms. The standard InChI is InChI=1S/C35H48N6O4/c1-26(34(44)36-24-28-15-12-16-29-25-40-21-8-3-2-4-9-22-41(40)33(28)29)37-35(45)30(23-32(43)39-19-10-11-20-39)38-31(42)18-17-27-13-6-5-7-14-27/h5-7,12-16,26,30H,2-4,8-11,17-25H2,1H3,(H,36,44)(H,37,45)(H,38,42)/t26-,30-/m0/s1. The van der Waals surface area contributed by atoms with Crippen molar-refractivity contribution in [1.82, 2.24) is 25.9 Å². The topological polar surface area (TPSA) is 114 Å². The maximum Gasteiger partial charge on any atom is 0.243 e. The van der Waals surface area contributed by atoms with Gasteiger partial charge in [-0.3, -0.25) is 19.2 Å². The van der Waals surface area contributed by atoms with E-state index in [-0.39, 0.29) is 30.6 Å². The molecule has 2 aromatic rings. The lowest BCUT2D eigenvalue weighted by Crippen LogP contribution is -2.54. The van der Waals surface area contributed by atoms with Crippen molar-refractivity contribution in [3.63, 3.8) is 0 Å². The highest BCUT2D eigenvalue weighted by molar-refractivity contribution is 5.94. The van der Waals surface area contributed by atoms with E-state index in [0.717, 1.165) is 50.0 Å². The smallest absolute Gasteiger partial charge is 0.243 e. The van der Waals surface area contributed by atoms with E-state index in [4.69, 9.17) is 0 Å². The highest BCUT2D eigenvalue weighted by Crippen LogP contribution is 2.35. The first-order chi connectivity index (χ1) is 21.9. The first kappa shape index (κ1) is 32.5. The second kappa shape index (κ2) is 15.9. The van der Waals surface area contributed by atoms with E-state index in [0.29, 0.717) is 26.1 Å². The van der Waals surface area contributed by atoms with Crippen molar-refractivity contribution in [2.75, 3.05) is 31.2 Å². The summed E-state index contributed by atoms with van der Waals surface area (Å²) in [5.41, 5.74) is 4.54. The van der Waals surface area contributed by atoms with Crippen molar-refractivity contribution >= 4 is 29.3 Å². The summed E-state index contributed by atoms with van der Waals surface area (Å²) in [6.07, 6.45) is 8.55. The maximum absolute atomic E-state index is 13.4. The van der Waals surface area contributed by atoms with Crippen molar-refractivity contribution in [3.05, 3.63) is 65.2 Å². The zero-order valence-corrected chi connectivity index (χ0v) is 26.6. The van der Waals surface area contributed by atoms with Gasteiger partial charge in [-0.25, -0.2) is 5.01 Å². The minimum Gasteiger partial charge on any atom is -0.350 e. The largest absolute Gasteiger partial charge is 0.350 e. The quantitative estimate of drug-likeness (QED) is 0.357. The van der Waals surface area contributed by atoms with Crippen LogP contribution in [0.4, 0.5) is 5.69 Å². The number of hydrogen-bond donors (Lipinski definition) is 3. The van der Waals surface area contributed by atoms with Crippen LogP contribution in [-0.4, -0.2) is 71.8 Å². The molecule has 3 aliphatic heterocycles. The number of anilines is 1. The third-order valence-corrected chi connectivity index (χ3v) is 9.12. The van der Waals surface area contributed by atoms with Gasteiger partial charge in [-0.05, 0) is 55.7 Å². The molecule has 10 nitrogen and oxygen atoms in total. The fourth-order valence-corrected chi connectivity index (χ4v) is 6.57. The number of aryl methyl sites for hydroxylation is 1. The first-order valence-corrected chi connectivity index (χ1v) is 16.7. The molecule has 2 aromatic carbocycles. The minimum atomic E-state index is -1.06. The van der Waals surface area contributed by atoms with Crippen LogP contribution in [-0.2, 0) is 38.7 Å². The molecule has 0 radical (unpaired) electrons. The number of fused-ring (bicyclic) bond motifs is 3. The van der Waals surface area contributed by atoms with Gasteiger partial charge in [-0.2, -0.15) is 0 Å². The molecule has 0 spiro atoms. The number of rotatable bonds is 11. The zero-order chi connectivity index (χ0) is 31.6. The van der Waals surface area contributed by atoms with E-state index in [9.17, 15) is 19.2 Å². The monoisotopic (exact) mass is 616 g/mol. The van der Waals surface area contributed by atoms with Crippen LogP contribution in [0.2, 0.25) is 0 Å². The third-order valence-electron chi connectivity index (χ3n) is 9.12. The molecule has 242 valence electrons. The Labute approximate surface area is 266 Å². The summed E-state index contributed by atoms with van der Waals surface area (Å²) in [4.78, 5) is 54.2. The Balaban J connectivity index is 1.18. The molecule has 3 heterocycles. The van der Waals surface area contributed by atoms with Crippen molar-refractivity contribution in [2.45, 2.75) is 96.3 Å². The van der Waals surface area contributed by atoms with Gasteiger partial charge in [0.05, 0.1) is 12.1 Å². The average molecular weight is 617 g/mol. The van der Waals surface area contributed by atoms with E-state index < -0.39 is 18.0 Å². The molecular weight excluding hydrogens is 568 g/mol. The molecule has 45 heavy (non-hydrogen) atoms. The number of nitrogens with zero attached hydrogens (tertiary/aromatic N) is 3. The minimum absolute atomic E-state index is 0.139. The van der Waals surface area contributed by atoms with Gasteiger partial charge in [0.25, 0.3) is 0 Å². The summed E-state index contributed by atoms with van der Waals surface area (Å²) >= 11 is 0. The van der Waals surface area contributed by atoms with Gasteiger partial charge in [-0.15, -0.1) is 0 Å². The maximum atomic E-state index is 13.4. The SMILES string of the molecule is C[C@H](NC(=O)[C@H](CC(=O)N1CCCC1)NC(=O)CCc1ccccc1)C(=O)NCc1cccc2c1N1CCCCCCCN1C2. The van der Waals surface area contributed by atoms with Crippen LogP contribution in [0.5, 0.6) is 0 Å². The number of para-hydroxylation sites is 1. The van der Waals surface area contributed by atoms with Gasteiger partial charge in [-0.1, -0.05) is 67.8 Å². The molecule has 2 fully saturated rings. The van der Waals surface area contributed by atoms with Crippen molar-refractivity contribution in [3.8, 4) is 0 Å². The van der Waals surface area contributed by atoms with Crippen LogP contribution in [0, 0.1) is 0 Å². The highest BCUT2D eigenvalue weighted by Gasteiger charge is 2.31. The van der Waals surface area contributed by atoms with Gasteiger partial charge >= 0.3 is 0 Å². The van der Waals surface area contributed by atoms with Gasteiger partial charge < -0.3 is 25.9 Å². The van der Waals surface area contributed by atoms with Crippen molar-refractivity contribution < 1.29 is 19.2 Å².